The molecule has 0 radical (unpaired) electrons. The standard InChI is InChI=1S/C23H28N4/c1-19-7-5-10-22(25-19)13-17-27(16-12-21-9-3-4-15-24-21)18-14-23-11-6-8-20(2)26-23/h3-11,15H,12-14,16-18H2,1-2H3. The van der Waals surface area contributed by atoms with Gasteiger partial charge in [-0.2, -0.15) is 0 Å². The summed E-state index contributed by atoms with van der Waals surface area (Å²) in [6.07, 6.45) is 4.76. The van der Waals surface area contributed by atoms with Crippen LogP contribution in [0.15, 0.2) is 60.8 Å². The summed E-state index contributed by atoms with van der Waals surface area (Å²) in [7, 11) is 0. The molecule has 3 aromatic rings. The Bertz CT molecular complexity index is 783. The number of pyridine rings is 3. The minimum absolute atomic E-state index is 0.962. The summed E-state index contributed by atoms with van der Waals surface area (Å²) in [6, 6.07) is 18.6. The second kappa shape index (κ2) is 9.93. The fraction of sp³-hybridized carbons (Fsp3) is 0.348. The van der Waals surface area contributed by atoms with Crippen LogP contribution in [0, 0.1) is 13.8 Å². The van der Waals surface area contributed by atoms with Crippen LogP contribution in [0.5, 0.6) is 0 Å². The van der Waals surface area contributed by atoms with E-state index in [1.807, 2.05) is 38.2 Å². The van der Waals surface area contributed by atoms with Gasteiger partial charge in [0.05, 0.1) is 0 Å². The van der Waals surface area contributed by atoms with Gasteiger partial charge in [-0.05, 0) is 50.2 Å². The van der Waals surface area contributed by atoms with E-state index in [-0.39, 0.29) is 0 Å². The maximum absolute atomic E-state index is 4.64. The predicted molar refractivity (Wildman–Crippen MR) is 110 cm³/mol. The van der Waals surface area contributed by atoms with Crippen LogP contribution in [0.4, 0.5) is 0 Å². The molecule has 0 fully saturated rings. The highest BCUT2D eigenvalue weighted by atomic mass is 15.1. The van der Waals surface area contributed by atoms with E-state index in [1.54, 1.807) is 0 Å². The van der Waals surface area contributed by atoms with Crippen molar-refractivity contribution in [1.82, 2.24) is 19.9 Å². The second-order valence-corrected chi connectivity index (χ2v) is 6.95. The average Bonchev–Trinajstić information content (AvgIpc) is 2.68. The summed E-state index contributed by atoms with van der Waals surface area (Å²) in [6.45, 7) is 7.08. The van der Waals surface area contributed by atoms with Crippen molar-refractivity contribution < 1.29 is 0 Å². The van der Waals surface area contributed by atoms with E-state index < -0.39 is 0 Å². The molecule has 0 spiro atoms. The molecule has 140 valence electrons. The Labute approximate surface area is 162 Å². The summed E-state index contributed by atoms with van der Waals surface area (Å²) in [5.41, 5.74) is 5.62. The molecule has 0 aromatic carbocycles. The third kappa shape index (κ3) is 6.57. The predicted octanol–water partition coefficient (Wildman–Crippen LogP) is 3.82. The molecule has 0 atom stereocenters. The molecule has 0 aliphatic carbocycles. The first-order valence-corrected chi connectivity index (χ1v) is 9.66. The van der Waals surface area contributed by atoms with Gasteiger partial charge in [-0.3, -0.25) is 15.0 Å². The maximum Gasteiger partial charge on any atom is 0.0419 e. The lowest BCUT2D eigenvalue weighted by Crippen LogP contribution is -2.31. The first kappa shape index (κ1) is 19.2. The summed E-state index contributed by atoms with van der Waals surface area (Å²) in [4.78, 5) is 16.2. The number of hydrogen-bond donors (Lipinski definition) is 0. The van der Waals surface area contributed by atoms with E-state index in [2.05, 4.69) is 56.3 Å². The monoisotopic (exact) mass is 360 g/mol. The van der Waals surface area contributed by atoms with Gasteiger partial charge < -0.3 is 4.90 Å². The lowest BCUT2D eigenvalue weighted by atomic mass is 10.2. The van der Waals surface area contributed by atoms with Crippen molar-refractivity contribution in [2.24, 2.45) is 0 Å². The van der Waals surface area contributed by atoms with Crippen LogP contribution >= 0.6 is 0 Å². The Kier molecular flexibility index (Phi) is 7.05. The van der Waals surface area contributed by atoms with Gasteiger partial charge in [-0.25, -0.2) is 0 Å². The van der Waals surface area contributed by atoms with E-state index in [1.165, 1.54) is 0 Å². The lowest BCUT2D eigenvalue weighted by molar-refractivity contribution is 0.281. The molecule has 0 N–H and O–H groups in total. The van der Waals surface area contributed by atoms with Crippen molar-refractivity contribution in [3.05, 3.63) is 89.3 Å². The summed E-state index contributed by atoms with van der Waals surface area (Å²) >= 11 is 0. The molecule has 0 bridgehead atoms. The molecule has 3 heterocycles. The third-order valence-electron chi connectivity index (χ3n) is 4.67. The number of aryl methyl sites for hydroxylation is 2. The minimum Gasteiger partial charge on any atom is -0.302 e. The fourth-order valence-electron chi connectivity index (χ4n) is 3.18. The zero-order chi connectivity index (χ0) is 18.9. The third-order valence-corrected chi connectivity index (χ3v) is 4.67. The van der Waals surface area contributed by atoms with Gasteiger partial charge in [0, 0.05) is 73.6 Å². The molecule has 0 aliphatic rings. The molecule has 0 saturated carbocycles. The quantitative estimate of drug-likeness (QED) is 0.582. The summed E-state index contributed by atoms with van der Waals surface area (Å²) in [5.74, 6) is 0. The van der Waals surface area contributed by atoms with Crippen molar-refractivity contribution in [3.8, 4) is 0 Å². The van der Waals surface area contributed by atoms with Crippen LogP contribution in [0.25, 0.3) is 0 Å². The van der Waals surface area contributed by atoms with Gasteiger partial charge in [0.2, 0.25) is 0 Å². The molecule has 3 rings (SSSR count). The van der Waals surface area contributed by atoms with Crippen molar-refractivity contribution >= 4 is 0 Å². The second-order valence-electron chi connectivity index (χ2n) is 6.95. The smallest absolute Gasteiger partial charge is 0.0419 e. The van der Waals surface area contributed by atoms with E-state index in [4.69, 9.17) is 0 Å². The zero-order valence-electron chi connectivity index (χ0n) is 16.3. The maximum atomic E-state index is 4.64. The molecule has 27 heavy (non-hydrogen) atoms. The Morgan fingerprint density at radius 3 is 1.63 bits per heavy atom. The number of rotatable bonds is 9. The van der Waals surface area contributed by atoms with Crippen LogP contribution in [0.2, 0.25) is 0 Å². The minimum atomic E-state index is 0.962. The first-order valence-electron chi connectivity index (χ1n) is 9.66. The van der Waals surface area contributed by atoms with Gasteiger partial charge >= 0.3 is 0 Å². The Morgan fingerprint density at radius 2 is 1.15 bits per heavy atom. The van der Waals surface area contributed by atoms with Crippen LogP contribution in [0.3, 0.4) is 0 Å². The fourth-order valence-corrected chi connectivity index (χ4v) is 3.18. The normalized spacial score (nSPS) is 11.1. The summed E-state index contributed by atoms with van der Waals surface area (Å²) < 4.78 is 0. The highest BCUT2D eigenvalue weighted by Gasteiger charge is 2.08. The first-order chi connectivity index (χ1) is 13.2. The number of hydrogen-bond acceptors (Lipinski definition) is 4. The highest BCUT2D eigenvalue weighted by molar-refractivity contribution is 5.11. The van der Waals surface area contributed by atoms with E-state index in [9.17, 15) is 0 Å². The molecular formula is C23H28N4. The lowest BCUT2D eigenvalue weighted by Gasteiger charge is -2.22. The molecule has 0 amide bonds. The Balaban J connectivity index is 1.60. The SMILES string of the molecule is Cc1cccc(CCN(CCc2ccccn2)CCc2cccc(C)n2)n1. The van der Waals surface area contributed by atoms with Gasteiger partial charge in [-0.15, -0.1) is 0 Å². The molecular weight excluding hydrogens is 332 g/mol. The topological polar surface area (TPSA) is 41.9 Å². The molecule has 0 unspecified atom stereocenters. The van der Waals surface area contributed by atoms with Crippen molar-refractivity contribution in [3.63, 3.8) is 0 Å². The van der Waals surface area contributed by atoms with Gasteiger partial charge in [0.15, 0.2) is 0 Å². The van der Waals surface area contributed by atoms with Crippen LogP contribution in [0.1, 0.15) is 28.5 Å². The zero-order valence-corrected chi connectivity index (χ0v) is 16.3. The molecule has 0 aliphatic heterocycles. The molecule has 3 aromatic heterocycles. The highest BCUT2D eigenvalue weighted by Crippen LogP contribution is 2.06. The number of aromatic nitrogens is 3. The van der Waals surface area contributed by atoms with Crippen molar-refractivity contribution in [2.75, 3.05) is 19.6 Å². The molecule has 4 nitrogen and oxygen atoms in total. The van der Waals surface area contributed by atoms with Crippen molar-refractivity contribution in [2.45, 2.75) is 33.1 Å². The van der Waals surface area contributed by atoms with Crippen LogP contribution < -0.4 is 0 Å². The van der Waals surface area contributed by atoms with Gasteiger partial charge in [0.25, 0.3) is 0 Å². The van der Waals surface area contributed by atoms with Crippen LogP contribution in [-0.4, -0.2) is 39.5 Å². The molecule has 4 heteroatoms. The van der Waals surface area contributed by atoms with Gasteiger partial charge in [0.1, 0.15) is 0 Å². The average molecular weight is 361 g/mol. The Hall–Kier alpha value is -2.59. The largest absolute Gasteiger partial charge is 0.302 e. The van der Waals surface area contributed by atoms with Crippen molar-refractivity contribution in [1.29, 1.82) is 0 Å². The molecule has 0 saturated heterocycles. The number of nitrogens with zero attached hydrogens (tertiary/aromatic N) is 4. The van der Waals surface area contributed by atoms with Crippen LogP contribution in [-0.2, 0) is 19.3 Å². The summed E-state index contributed by atoms with van der Waals surface area (Å²) in [5, 5.41) is 0. The Morgan fingerprint density at radius 1 is 0.630 bits per heavy atom. The van der Waals surface area contributed by atoms with E-state index in [0.29, 0.717) is 0 Å². The van der Waals surface area contributed by atoms with E-state index in [0.717, 1.165) is 67.4 Å². The van der Waals surface area contributed by atoms with E-state index >= 15 is 0 Å². The van der Waals surface area contributed by atoms with Gasteiger partial charge in [-0.1, -0.05) is 18.2 Å².